The number of hydrogen-bond acceptors (Lipinski definition) is 2. The van der Waals surface area contributed by atoms with E-state index in [4.69, 9.17) is 0 Å². The lowest BCUT2D eigenvalue weighted by atomic mass is 9.82. The Kier molecular flexibility index (Phi) is 7.21. The van der Waals surface area contributed by atoms with Crippen molar-refractivity contribution in [1.29, 1.82) is 0 Å². The third kappa shape index (κ3) is 5.41. The first-order chi connectivity index (χ1) is 21.2. The second-order valence-electron chi connectivity index (χ2n) is 10.9. The maximum Gasteiger partial charge on any atom is 0.0530 e. The van der Waals surface area contributed by atoms with E-state index in [1.54, 1.807) is 0 Å². The fourth-order valence-corrected chi connectivity index (χ4v) is 6.08. The molecule has 0 atom stereocenters. The molecule has 2 N–H and O–H groups in total. The quantitative estimate of drug-likeness (QED) is 0.195. The van der Waals surface area contributed by atoms with Crippen LogP contribution in [0, 0.1) is 0 Å². The summed E-state index contributed by atoms with van der Waals surface area (Å²) < 4.78 is 2.35. The molecular weight excluding hydrogens is 522 g/mol. The second kappa shape index (κ2) is 11.8. The van der Waals surface area contributed by atoms with Crippen LogP contribution in [0.4, 0.5) is 22.7 Å². The molecule has 0 spiro atoms. The van der Waals surface area contributed by atoms with Gasteiger partial charge >= 0.3 is 0 Å². The molecule has 0 aliphatic carbocycles. The SMILES string of the molecule is Cn1c(-c2ccccc2)c(C(c2ccc(Nc3ccccc3)cc2)c2ccc(Nc3ccccc3)cc2)c2ccccc21. The van der Waals surface area contributed by atoms with Crippen LogP contribution in [0.15, 0.2) is 164 Å². The van der Waals surface area contributed by atoms with Crippen LogP contribution in [-0.4, -0.2) is 4.57 Å². The van der Waals surface area contributed by atoms with Crippen molar-refractivity contribution in [2.75, 3.05) is 10.6 Å². The zero-order valence-electron chi connectivity index (χ0n) is 24.1. The number of aryl methyl sites for hydroxylation is 1. The summed E-state index contributed by atoms with van der Waals surface area (Å²) in [4.78, 5) is 0. The Balaban J connectivity index is 1.37. The van der Waals surface area contributed by atoms with Crippen LogP contribution in [-0.2, 0) is 7.05 Å². The number of nitrogens with zero attached hydrogens (tertiary/aromatic N) is 1. The van der Waals surface area contributed by atoms with Gasteiger partial charge in [-0.25, -0.2) is 0 Å². The van der Waals surface area contributed by atoms with Crippen LogP contribution < -0.4 is 10.6 Å². The number of para-hydroxylation sites is 3. The first-order valence-corrected chi connectivity index (χ1v) is 14.7. The Morgan fingerprint density at radius 2 is 0.860 bits per heavy atom. The van der Waals surface area contributed by atoms with Crippen molar-refractivity contribution >= 4 is 33.7 Å². The van der Waals surface area contributed by atoms with Crippen LogP contribution in [0.3, 0.4) is 0 Å². The monoisotopic (exact) mass is 555 g/mol. The Morgan fingerprint density at radius 3 is 1.37 bits per heavy atom. The minimum Gasteiger partial charge on any atom is -0.356 e. The van der Waals surface area contributed by atoms with E-state index >= 15 is 0 Å². The molecule has 1 heterocycles. The topological polar surface area (TPSA) is 29.0 Å². The van der Waals surface area contributed by atoms with Gasteiger partial charge in [-0.1, -0.05) is 109 Å². The van der Waals surface area contributed by atoms with Gasteiger partial charge in [0.1, 0.15) is 0 Å². The molecule has 208 valence electrons. The van der Waals surface area contributed by atoms with Gasteiger partial charge < -0.3 is 15.2 Å². The highest BCUT2D eigenvalue weighted by atomic mass is 15.0. The van der Waals surface area contributed by atoms with Gasteiger partial charge in [0.25, 0.3) is 0 Å². The van der Waals surface area contributed by atoms with E-state index in [9.17, 15) is 0 Å². The van der Waals surface area contributed by atoms with Gasteiger partial charge in [-0.2, -0.15) is 0 Å². The molecule has 0 saturated heterocycles. The van der Waals surface area contributed by atoms with Crippen LogP contribution in [0.5, 0.6) is 0 Å². The average Bonchev–Trinajstić information content (AvgIpc) is 3.36. The van der Waals surface area contributed by atoms with E-state index < -0.39 is 0 Å². The Labute approximate surface area is 253 Å². The molecule has 1 aromatic heterocycles. The average molecular weight is 556 g/mol. The molecule has 3 nitrogen and oxygen atoms in total. The number of hydrogen-bond donors (Lipinski definition) is 2. The number of aromatic nitrogens is 1. The minimum absolute atomic E-state index is 0.0258. The Bertz CT molecular complexity index is 1860. The Hall–Kier alpha value is -5.54. The van der Waals surface area contributed by atoms with Gasteiger partial charge in [0, 0.05) is 46.6 Å². The molecular formula is C40H33N3. The van der Waals surface area contributed by atoms with Gasteiger partial charge in [-0.05, 0) is 76.9 Å². The summed E-state index contributed by atoms with van der Waals surface area (Å²) in [6.45, 7) is 0. The summed E-state index contributed by atoms with van der Waals surface area (Å²) in [6.07, 6.45) is 0. The van der Waals surface area contributed by atoms with Crippen molar-refractivity contribution in [3.8, 4) is 11.3 Å². The van der Waals surface area contributed by atoms with Gasteiger partial charge in [0.15, 0.2) is 0 Å². The van der Waals surface area contributed by atoms with Crippen LogP contribution >= 0.6 is 0 Å². The number of fused-ring (bicyclic) bond motifs is 1. The lowest BCUT2D eigenvalue weighted by Gasteiger charge is -2.22. The van der Waals surface area contributed by atoms with Crippen molar-refractivity contribution in [2.24, 2.45) is 7.05 Å². The summed E-state index contributed by atoms with van der Waals surface area (Å²) >= 11 is 0. The van der Waals surface area contributed by atoms with Crippen molar-refractivity contribution in [1.82, 2.24) is 4.57 Å². The van der Waals surface area contributed by atoms with E-state index in [0.717, 1.165) is 22.7 Å². The molecule has 0 amide bonds. The zero-order chi connectivity index (χ0) is 29.0. The highest BCUT2D eigenvalue weighted by Crippen LogP contribution is 2.44. The summed E-state index contributed by atoms with van der Waals surface area (Å²) in [5.41, 5.74) is 11.8. The lowest BCUT2D eigenvalue weighted by molar-refractivity contribution is 0.937. The van der Waals surface area contributed by atoms with Crippen LogP contribution in [0.1, 0.15) is 22.6 Å². The summed E-state index contributed by atoms with van der Waals surface area (Å²) in [7, 11) is 2.19. The molecule has 7 rings (SSSR count). The fraction of sp³-hybridized carbons (Fsp3) is 0.0500. The largest absolute Gasteiger partial charge is 0.356 e. The predicted molar refractivity (Wildman–Crippen MR) is 182 cm³/mol. The molecule has 0 unspecified atom stereocenters. The number of anilines is 4. The maximum absolute atomic E-state index is 3.54. The third-order valence-electron chi connectivity index (χ3n) is 8.09. The lowest BCUT2D eigenvalue weighted by Crippen LogP contribution is -2.06. The molecule has 3 heteroatoms. The van der Waals surface area contributed by atoms with Gasteiger partial charge in [0.05, 0.1) is 5.69 Å². The summed E-state index contributed by atoms with van der Waals surface area (Å²) in [5, 5.41) is 8.35. The van der Waals surface area contributed by atoms with Crippen molar-refractivity contribution in [2.45, 2.75) is 5.92 Å². The highest BCUT2D eigenvalue weighted by Gasteiger charge is 2.26. The molecule has 0 fully saturated rings. The van der Waals surface area contributed by atoms with E-state index in [1.165, 1.54) is 38.9 Å². The summed E-state index contributed by atoms with van der Waals surface area (Å²) in [6, 6.07) is 58.0. The standard InChI is InChI=1S/C40H33N3/c1-43-37-20-12-11-19-36(37)39(40(43)31-13-5-2-6-14-31)38(29-21-25-34(26-22-29)41-32-15-7-3-8-16-32)30-23-27-35(28-24-30)42-33-17-9-4-10-18-33/h2-28,38,41-42H,1H3. The Morgan fingerprint density at radius 1 is 0.442 bits per heavy atom. The smallest absolute Gasteiger partial charge is 0.0530 e. The molecule has 0 saturated carbocycles. The van der Waals surface area contributed by atoms with E-state index in [-0.39, 0.29) is 5.92 Å². The zero-order valence-corrected chi connectivity index (χ0v) is 24.1. The second-order valence-corrected chi connectivity index (χ2v) is 10.9. The predicted octanol–water partition coefficient (Wildman–Crippen LogP) is 10.5. The first kappa shape index (κ1) is 26.4. The van der Waals surface area contributed by atoms with Gasteiger partial charge in [-0.15, -0.1) is 0 Å². The third-order valence-corrected chi connectivity index (χ3v) is 8.09. The number of rotatable bonds is 8. The molecule has 0 radical (unpaired) electrons. The van der Waals surface area contributed by atoms with E-state index in [0.29, 0.717) is 0 Å². The molecule has 6 aromatic carbocycles. The fourth-order valence-electron chi connectivity index (χ4n) is 6.08. The maximum atomic E-state index is 3.54. The van der Waals surface area contributed by atoms with Crippen LogP contribution in [0.25, 0.3) is 22.2 Å². The molecule has 0 aliphatic rings. The molecule has 7 aromatic rings. The number of benzene rings is 6. The van der Waals surface area contributed by atoms with Gasteiger partial charge in [0.2, 0.25) is 0 Å². The van der Waals surface area contributed by atoms with Crippen molar-refractivity contribution in [3.05, 3.63) is 180 Å². The number of nitrogens with one attached hydrogen (secondary N) is 2. The van der Waals surface area contributed by atoms with Crippen molar-refractivity contribution in [3.63, 3.8) is 0 Å². The minimum atomic E-state index is 0.0258. The highest BCUT2D eigenvalue weighted by molar-refractivity contribution is 5.93. The summed E-state index contributed by atoms with van der Waals surface area (Å²) in [5.74, 6) is 0.0258. The van der Waals surface area contributed by atoms with Crippen molar-refractivity contribution < 1.29 is 0 Å². The van der Waals surface area contributed by atoms with Gasteiger partial charge in [-0.3, -0.25) is 0 Å². The first-order valence-electron chi connectivity index (χ1n) is 14.7. The van der Waals surface area contributed by atoms with Crippen LogP contribution in [0.2, 0.25) is 0 Å². The molecule has 43 heavy (non-hydrogen) atoms. The molecule has 0 bridgehead atoms. The van der Waals surface area contributed by atoms with E-state index in [2.05, 4.69) is 174 Å². The normalized spacial score (nSPS) is 11.1. The molecule has 0 aliphatic heterocycles. The van der Waals surface area contributed by atoms with E-state index in [1.807, 2.05) is 12.1 Å².